The lowest BCUT2D eigenvalue weighted by atomic mass is 9.99. The van der Waals surface area contributed by atoms with Gasteiger partial charge in [0.05, 0.1) is 17.1 Å². The zero-order valence-corrected chi connectivity index (χ0v) is 13.5. The third kappa shape index (κ3) is 2.92. The summed E-state index contributed by atoms with van der Waals surface area (Å²) in [6, 6.07) is 15.2. The molecular weight excluding hydrogens is 303 g/mol. The Kier molecular flexibility index (Phi) is 4.04. The molecule has 2 heterocycles. The first-order valence-electron chi connectivity index (χ1n) is 8.39. The molecule has 3 N–H and O–H groups in total. The SMILES string of the molecule is NC1CCNC(c2nc3ccccc3n2Cc2ccc(F)cc2)C1. The van der Waals surface area contributed by atoms with Crippen molar-refractivity contribution in [2.75, 3.05) is 6.54 Å². The van der Waals surface area contributed by atoms with E-state index in [1.165, 1.54) is 12.1 Å². The number of piperidine rings is 1. The first kappa shape index (κ1) is 15.3. The van der Waals surface area contributed by atoms with E-state index < -0.39 is 0 Å². The molecule has 1 saturated heterocycles. The van der Waals surface area contributed by atoms with Gasteiger partial charge in [0.15, 0.2) is 0 Å². The summed E-state index contributed by atoms with van der Waals surface area (Å²) >= 11 is 0. The van der Waals surface area contributed by atoms with Crippen LogP contribution in [0.5, 0.6) is 0 Å². The fourth-order valence-electron chi connectivity index (χ4n) is 3.44. The Labute approximate surface area is 140 Å². The van der Waals surface area contributed by atoms with Crippen LogP contribution in [-0.4, -0.2) is 22.1 Å². The van der Waals surface area contributed by atoms with Gasteiger partial charge in [-0.25, -0.2) is 9.37 Å². The standard InChI is InChI=1S/C19H21FN4/c20-14-7-5-13(6-8-14)12-24-18-4-2-1-3-16(18)23-19(24)17-11-15(21)9-10-22-17/h1-8,15,17,22H,9-12,21H2. The Hall–Kier alpha value is -2.24. The van der Waals surface area contributed by atoms with E-state index in [1.807, 2.05) is 30.3 Å². The van der Waals surface area contributed by atoms with Crippen LogP contribution in [0.1, 0.15) is 30.3 Å². The molecular formula is C19H21FN4. The van der Waals surface area contributed by atoms with Crippen molar-refractivity contribution in [3.63, 3.8) is 0 Å². The Morgan fingerprint density at radius 2 is 1.96 bits per heavy atom. The van der Waals surface area contributed by atoms with Gasteiger partial charge in [-0.1, -0.05) is 24.3 Å². The number of para-hydroxylation sites is 2. The van der Waals surface area contributed by atoms with Crippen molar-refractivity contribution in [1.82, 2.24) is 14.9 Å². The molecule has 1 aliphatic heterocycles. The van der Waals surface area contributed by atoms with E-state index in [-0.39, 0.29) is 17.9 Å². The summed E-state index contributed by atoms with van der Waals surface area (Å²) in [5.41, 5.74) is 9.29. The lowest BCUT2D eigenvalue weighted by molar-refractivity contribution is 0.352. The van der Waals surface area contributed by atoms with Gasteiger partial charge in [0.1, 0.15) is 11.6 Å². The minimum atomic E-state index is -0.214. The Bertz CT molecular complexity index is 840. The molecule has 1 aliphatic rings. The summed E-state index contributed by atoms with van der Waals surface area (Å²) in [7, 11) is 0. The molecule has 2 aromatic carbocycles. The van der Waals surface area contributed by atoms with Gasteiger partial charge in [-0.05, 0) is 49.2 Å². The van der Waals surface area contributed by atoms with E-state index in [0.717, 1.165) is 41.8 Å². The normalized spacial score (nSPS) is 21.2. The number of hydrogen-bond acceptors (Lipinski definition) is 3. The predicted molar refractivity (Wildman–Crippen MR) is 93.2 cm³/mol. The van der Waals surface area contributed by atoms with Crippen LogP contribution in [0.4, 0.5) is 4.39 Å². The number of nitrogens with one attached hydrogen (secondary N) is 1. The summed E-state index contributed by atoms with van der Waals surface area (Å²) in [5, 5.41) is 3.54. The van der Waals surface area contributed by atoms with Gasteiger partial charge in [-0.15, -0.1) is 0 Å². The summed E-state index contributed by atoms with van der Waals surface area (Å²) in [6.45, 7) is 1.58. The molecule has 0 saturated carbocycles. The molecule has 3 aromatic rings. The highest BCUT2D eigenvalue weighted by Crippen LogP contribution is 2.27. The van der Waals surface area contributed by atoms with E-state index >= 15 is 0 Å². The van der Waals surface area contributed by atoms with Crippen LogP contribution in [-0.2, 0) is 6.54 Å². The van der Waals surface area contributed by atoms with E-state index in [1.54, 1.807) is 0 Å². The number of nitrogens with zero attached hydrogens (tertiary/aromatic N) is 2. The van der Waals surface area contributed by atoms with E-state index in [2.05, 4.69) is 16.0 Å². The van der Waals surface area contributed by atoms with Crippen molar-refractivity contribution >= 4 is 11.0 Å². The zero-order chi connectivity index (χ0) is 16.5. The molecule has 0 aliphatic carbocycles. The van der Waals surface area contributed by atoms with Crippen LogP contribution in [0, 0.1) is 5.82 Å². The highest BCUT2D eigenvalue weighted by molar-refractivity contribution is 5.76. The molecule has 24 heavy (non-hydrogen) atoms. The minimum Gasteiger partial charge on any atom is -0.328 e. The van der Waals surface area contributed by atoms with Crippen molar-refractivity contribution in [2.45, 2.75) is 31.5 Å². The second kappa shape index (κ2) is 6.34. The molecule has 4 nitrogen and oxygen atoms in total. The number of hydrogen-bond donors (Lipinski definition) is 2. The highest BCUT2D eigenvalue weighted by Gasteiger charge is 2.25. The number of benzene rings is 2. The van der Waals surface area contributed by atoms with Crippen LogP contribution >= 0.6 is 0 Å². The van der Waals surface area contributed by atoms with Crippen LogP contribution in [0.25, 0.3) is 11.0 Å². The van der Waals surface area contributed by atoms with Crippen molar-refractivity contribution in [3.05, 3.63) is 65.7 Å². The van der Waals surface area contributed by atoms with E-state index in [4.69, 9.17) is 10.7 Å². The first-order valence-corrected chi connectivity index (χ1v) is 8.39. The topological polar surface area (TPSA) is 55.9 Å². The third-order valence-corrected chi connectivity index (χ3v) is 4.69. The molecule has 124 valence electrons. The van der Waals surface area contributed by atoms with Crippen LogP contribution < -0.4 is 11.1 Å². The Balaban J connectivity index is 1.76. The van der Waals surface area contributed by atoms with Gasteiger partial charge >= 0.3 is 0 Å². The van der Waals surface area contributed by atoms with Crippen LogP contribution in [0.3, 0.4) is 0 Å². The van der Waals surface area contributed by atoms with Crippen molar-refractivity contribution in [2.24, 2.45) is 5.73 Å². The lowest BCUT2D eigenvalue weighted by Crippen LogP contribution is -2.39. The average Bonchev–Trinajstić information content (AvgIpc) is 2.96. The molecule has 1 aromatic heterocycles. The first-order chi connectivity index (χ1) is 11.7. The van der Waals surface area contributed by atoms with Crippen LogP contribution in [0.2, 0.25) is 0 Å². The minimum absolute atomic E-state index is 0.154. The largest absolute Gasteiger partial charge is 0.328 e. The maximum absolute atomic E-state index is 13.2. The monoisotopic (exact) mass is 324 g/mol. The molecule has 1 fully saturated rings. The number of fused-ring (bicyclic) bond motifs is 1. The van der Waals surface area contributed by atoms with Gasteiger partial charge in [0, 0.05) is 12.6 Å². The predicted octanol–water partition coefficient (Wildman–Crippen LogP) is 2.98. The van der Waals surface area contributed by atoms with Crippen molar-refractivity contribution in [3.8, 4) is 0 Å². The quantitative estimate of drug-likeness (QED) is 0.779. The molecule has 5 heteroatoms. The fraction of sp³-hybridized carbons (Fsp3) is 0.316. The Morgan fingerprint density at radius 1 is 1.17 bits per heavy atom. The number of nitrogens with two attached hydrogens (primary N) is 1. The molecule has 0 radical (unpaired) electrons. The second-order valence-electron chi connectivity index (χ2n) is 6.46. The highest BCUT2D eigenvalue weighted by atomic mass is 19.1. The fourth-order valence-corrected chi connectivity index (χ4v) is 3.44. The van der Waals surface area contributed by atoms with Crippen molar-refractivity contribution in [1.29, 1.82) is 0 Å². The number of rotatable bonds is 3. The molecule has 2 unspecified atom stereocenters. The van der Waals surface area contributed by atoms with Crippen LogP contribution in [0.15, 0.2) is 48.5 Å². The zero-order valence-electron chi connectivity index (χ0n) is 13.5. The summed E-state index contributed by atoms with van der Waals surface area (Å²) < 4.78 is 15.4. The summed E-state index contributed by atoms with van der Waals surface area (Å²) in [5.74, 6) is 0.796. The average molecular weight is 324 g/mol. The van der Waals surface area contributed by atoms with Gasteiger partial charge in [-0.2, -0.15) is 0 Å². The summed E-state index contributed by atoms with van der Waals surface area (Å²) in [4.78, 5) is 4.86. The molecule has 0 bridgehead atoms. The lowest BCUT2D eigenvalue weighted by Gasteiger charge is -2.28. The van der Waals surface area contributed by atoms with Gasteiger partial charge in [0.25, 0.3) is 0 Å². The molecule has 0 amide bonds. The maximum atomic E-state index is 13.2. The maximum Gasteiger partial charge on any atom is 0.127 e. The van der Waals surface area contributed by atoms with Gasteiger partial charge in [-0.3, -0.25) is 0 Å². The third-order valence-electron chi connectivity index (χ3n) is 4.69. The van der Waals surface area contributed by atoms with Gasteiger partial charge in [0.2, 0.25) is 0 Å². The molecule has 2 atom stereocenters. The second-order valence-corrected chi connectivity index (χ2v) is 6.46. The molecule has 4 rings (SSSR count). The number of imidazole rings is 1. The van der Waals surface area contributed by atoms with Gasteiger partial charge < -0.3 is 15.6 Å². The van der Waals surface area contributed by atoms with Crippen molar-refractivity contribution < 1.29 is 4.39 Å². The smallest absolute Gasteiger partial charge is 0.127 e. The van der Waals surface area contributed by atoms with E-state index in [0.29, 0.717) is 6.54 Å². The summed E-state index contributed by atoms with van der Waals surface area (Å²) in [6.07, 6.45) is 1.88. The Morgan fingerprint density at radius 3 is 2.75 bits per heavy atom. The molecule has 0 spiro atoms. The van der Waals surface area contributed by atoms with E-state index in [9.17, 15) is 4.39 Å². The number of aromatic nitrogens is 2. The number of halogens is 1.